The van der Waals surface area contributed by atoms with Crippen LogP contribution in [-0.2, 0) is 0 Å². The summed E-state index contributed by atoms with van der Waals surface area (Å²) in [5, 5.41) is 9.07. The number of ether oxygens (including phenoxy) is 2. The Labute approximate surface area is 188 Å². The van der Waals surface area contributed by atoms with E-state index in [9.17, 15) is 9.18 Å². The first kappa shape index (κ1) is 20.5. The molecule has 3 aromatic rings. The fraction of sp³-hybridized carbons (Fsp3) is 0.250. The van der Waals surface area contributed by atoms with Crippen molar-refractivity contribution in [2.24, 2.45) is 5.73 Å². The number of carbonyl (C=O) groups excluding carboxylic acids is 1. The van der Waals surface area contributed by atoms with E-state index >= 15 is 0 Å². The molecule has 1 amide bonds. The van der Waals surface area contributed by atoms with Gasteiger partial charge in [0.1, 0.15) is 11.9 Å². The summed E-state index contributed by atoms with van der Waals surface area (Å²) >= 11 is 1.36. The zero-order valence-corrected chi connectivity index (χ0v) is 18.0. The lowest BCUT2D eigenvalue weighted by molar-refractivity contribution is 0.0714. The molecule has 2 aromatic carbocycles. The molecule has 1 aromatic heterocycles. The first-order valence-electron chi connectivity index (χ1n) is 10.3. The highest BCUT2D eigenvalue weighted by Crippen LogP contribution is 2.44. The van der Waals surface area contributed by atoms with Crippen LogP contribution in [0.2, 0.25) is 0 Å². The maximum atomic E-state index is 14.4. The Hall–Kier alpha value is -3.41. The molecule has 0 bridgehead atoms. The van der Waals surface area contributed by atoms with Gasteiger partial charge in [0.2, 0.25) is 6.79 Å². The second-order valence-corrected chi connectivity index (χ2v) is 8.93. The first-order valence-corrected chi connectivity index (χ1v) is 11.1. The number of likely N-dealkylation sites (tertiary alicyclic amines) is 1. The molecule has 5 rings (SSSR count). The molecule has 2 N–H and O–H groups in total. The van der Waals surface area contributed by atoms with Crippen molar-refractivity contribution >= 4 is 17.2 Å². The summed E-state index contributed by atoms with van der Waals surface area (Å²) in [7, 11) is 0. The lowest BCUT2D eigenvalue weighted by Gasteiger charge is -2.30. The van der Waals surface area contributed by atoms with Gasteiger partial charge in [-0.25, -0.2) is 4.39 Å². The minimum atomic E-state index is -0.595. The highest BCUT2D eigenvalue weighted by Gasteiger charge is 2.26. The number of hydrogen-bond donors (Lipinski definition) is 1. The van der Waals surface area contributed by atoms with Crippen molar-refractivity contribution in [3.05, 3.63) is 58.7 Å². The normalized spacial score (nSPS) is 17.3. The number of nitriles is 1. The van der Waals surface area contributed by atoms with Crippen LogP contribution < -0.4 is 15.2 Å². The SMILES string of the molecule is N#Cc1ccc(-c2cc(C(=O)N3CCC[C@@H](N)C3)sc2-c2ccc3c(c2)OCO3)cc1F. The van der Waals surface area contributed by atoms with Crippen molar-refractivity contribution < 1.29 is 18.7 Å². The number of thiophene rings is 1. The summed E-state index contributed by atoms with van der Waals surface area (Å²) in [6.07, 6.45) is 1.79. The van der Waals surface area contributed by atoms with Crippen LogP contribution in [0, 0.1) is 17.1 Å². The maximum Gasteiger partial charge on any atom is 0.264 e. The Balaban J connectivity index is 1.60. The van der Waals surface area contributed by atoms with Crippen LogP contribution in [0.3, 0.4) is 0 Å². The monoisotopic (exact) mass is 449 g/mol. The van der Waals surface area contributed by atoms with Crippen LogP contribution in [0.25, 0.3) is 21.6 Å². The number of fused-ring (bicyclic) bond motifs is 1. The molecule has 2 aliphatic heterocycles. The predicted molar refractivity (Wildman–Crippen MR) is 119 cm³/mol. The van der Waals surface area contributed by atoms with E-state index in [4.69, 9.17) is 20.5 Å². The minimum Gasteiger partial charge on any atom is -0.454 e. The Bertz CT molecular complexity index is 1220. The van der Waals surface area contributed by atoms with Crippen molar-refractivity contribution in [3.63, 3.8) is 0 Å². The molecular formula is C24H20FN3O3S. The van der Waals surface area contributed by atoms with Crippen molar-refractivity contribution in [2.75, 3.05) is 19.9 Å². The van der Waals surface area contributed by atoms with Crippen LogP contribution in [0.5, 0.6) is 11.5 Å². The van der Waals surface area contributed by atoms with Crippen LogP contribution in [0.1, 0.15) is 28.1 Å². The number of amides is 1. The molecular weight excluding hydrogens is 429 g/mol. The summed E-state index contributed by atoms with van der Waals surface area (Å²) in [6.45, 7) is 1.36. The van der Waals surface area contributed by atoms with Crippen molar-refractivity contribution in [1.29, 1.82) is 5.26 Å². The lowest BCUT2D eigenvalue weighted by Crippen LogP contribution is -2.45. The lowest BCUT2D eigenvalue weighted by atomic mass is 10.0. The molecule has 0 radical (unpaired) electrons. The smallest absolute Gasteiger partial charge is 0.264 e. The summed E-state index contributed by atoms with van der Waals surface area (Å²) in [5.74, 6) is 0.618. The zero-order chi connectivity index (χ0) is 22.2. The molecule has 0 unspecified atom stereocenters. The second kappa shape index (κ2) is 8.26. The molecule has 1 fully saturated rings. The van der Waals surface area contributed by atoms with Crippen LogP contribution in [0.4, 0.5) is 4.39 Å². The third-order valence-electron chi connectivity index (χ3n) is 5.72. The van der Waals surface area contributed by atoms with Gasteiger partial charge >= 0.3 is 0 Å². The predicted octanol–water partition coefficient (Wildman–Crippen LogP) is 4.38. The molecule has 2 aliphatic rings. The van der Waals surface area contributed by atoms with Gasteiger partial charge < -0.3 is 20.1 Å². The number of benzene rings is 2. The molecule has 1 atom stereocenters. The molecule has 0 saturated carbocycles. The fourth-order valence-electron chi connectivity index (χ4n) is 4.09. The van der Waals surface area contributed by atoms with Crippen LogP contribution >= 0.6 is 11.3 Å². The van der Waals surface area contributed by atoms with Gasteiger partial charge in [0, 0.05) is 29.6 Å². The standard InChI is InChI=1S/C24H20FN3O3S/c25-19-8-14(3-4-16(19)11-26)18-10-22(24(29)28-7-1-2-17(27)12-28)32-23(18)15-5-6-20-21(9-15)31-13-30-20/h3-6,8-10,17H,1-2,7,12-13,27H2/t17-/m1/s1. The van der Waals surface area contributed by atoms with Gasteiger partial charge in [0.15, 0.2) is 11.5 Å². The zero-order valence-electron chi connectivity index (χ0n) is 17.1. The molecule has 0 aliphatic carbocycles. The Morgan fingerprint density at radius 3 is 2.75 bits per heavy atom. The quantitative estimate of drug-likeness (QED) is 0.641. The van der Waals surface area contributed by atoms with E-state index < -0.39 is 5.82 Å². The maximum absolute atomic E-state index is 14.4. The number of nitrogens with zero attached hydrogens (tertiary/aromatic N) is 2. The molecule has 162 valence electrons. The average molecular weight is 450 g/mol. The van der Waals surface area contributed by atoms with E-state index in [2.05, 4.69) is 0 Å². The highest BCUT2D eigenvalue weighted by molar-refractivity contribution is 7.18. The Kier molecular flexibility index (Phi) is 5.29. The van der Waals surface area contributed by atoms with Gasteiger partial charge in [-0.3, -0.25) is 4.79 Å². The van der Waals surface area contributed by atoms with Gasteiger partial charge in [0.25, 0.3) is 5.91 Å². The minimum absolute atomic E-state index is 0.0203. The van der Waals surface area contributed by atoms with E-state index in [0.717, 1.165) is 28.8 Å². The number of piperidine rings is 1. The van der Waals surface area contributed by atoms with Gasteiger partial charge in [-0.2, -0.15) is 5.26 Å². The third kappa shape index (κ3) is 3.70. The van der Waals surface area contributed by atoms with Crippen LogP contribution in [-0.4, -0.2) is 36.7 Å². The van der Waals surface area contributed by atoms with Crippen LogP contribution in [0.15, 0.2) is 42.5 Å². The molecule has 32 heavy (non-hydrogen) atoms. The molecule has 6 nitrogen and oxygen atoms in total. The number of rotatable bonds is 3. The molecule has 0 spiro atoms. The van der Waals surface area contributed by atoms with Crippen molar-refractivity contribution in [2.45, 2.75) is 18.9 Å². The summed E-state index contributed by atoms with van der Waals surface area (Å²) in [5.41, 5.74) is 8.21. The molecule has 1 saturated heterocycles. The van der Waals surface area contributed by atoms with Gasteiger partial charge in [0.05, 0.1) is 10.4 Å². The molecule has 3 heterocycles. The van der Waals surface area contributed by atoms with E-state index in [-0.39, 0.29) is 24.3 Å². The Morgan fingerprint density at radius 1 is 1.16 bits per heavy atom. The van der Waals surface area contributed by atoms with Gasteiger partial charge in [-0.05, 0) is 60.4 Å². The van der Waals surface area contributed by atoms with Crippen molar-refractivity contribution in [1.82, 2.24) is 4.90 Å². The van der Waals surface area contributed by atoms with E-state index in [1.807, 2.05) is 24.3 Å². The fourth-order valence-corrected chi connectivity index (χ4v) is 5.23. The summed E-state index contributed by atoms with van der Waals surface area (Å²) < 4.78 is 25.3. The van der Waals surface area contributed by atoms with Gasteiger partial charge in [-0.15, -0.1) is 11.3 Å². The van der Waals surface area contributed by atoms with Gasteiger partial charge in [-0.1, -0.05) is 6.07 Å². The van der Waals surface area contributed by atoms with Crippen molar-refractivity contribution in [3.8, 4) is 39.1 Å². The van der Waals surface area contributed by atoms with E-state index in [1.54, 1.807) is 17.0 Å². The summed E-state index contributed by atoms with van der Waals surface area (Å²) in [6, 6.07) is 13.7. The highest BCUT2D eigenvalue weighted by atomic mass is 32.1. The number of halogens is 1. The number of carbonyl (C=O) groups is 1. The first-order chi connectivity index (χ1) is 15.5. The Morgan fingerprint density at radius 2 is 1.97 bits per heavy atom. The second-order valence-electron chi connectivity index (χ2n) is 7.88. The number of hydrogen-bond acceptors (Lipinski definition) is 6. The van der Waals surface area contributed by atoms with E-state index in [0.29, 0.717) is 35.0 Å². The topological polar surface area (TPSA) is 88.6 Å². The summed E-state index contributed by atoms with van der Waals surface area (Å²) in [4.78, 5) is 16.4. The largest absolute Gasteiger partial charge is 0.454 e. The van der Waals surface area contributed by atoms with E-state index in [1.165, 1.54) is 23.5 Å². The third-order valence-corrected chi connectivity index (χ3v) is 6.90. The molecule has 8 heteroatoms. The number of nitrogens with two attached hydrogens (primary N) is 1. The average Bonchev–Trinajstić information content (AvgIpc) is 3.45.